The molecule has 4 heterocycles. The predicted octanol–water partition coefficient (Wildman–Crippen LogP) is 12.1. The van der Waals surface area contributed by atoms with Gasteiger partial charge in [-0.25, -0.2) is 24.9 Å². The van der Waals surface area contributed by atoms with Gasteiger partial charge in [-0.1, -0.05) is 91.0 Å². The van der Waals surface area contributed by atoms with Gasteiger partial charge in [-0.15, -0.1) is 11.3 Å². The van der Waals surface area contributed by atoms with Crippen LogP contribution in [-0.4, -0.2) is 29.5 Å². The van der Waals surface area contributed by atoms with Gasteiger partial charge in [-0.2, -0.15) is 0 Å². The van der Waals surface area contributed by atoms with Crippen LogP contribution in [0.4, 0.5) is 0 Å². The molecule has 4 aromatic heterocycles. The predicted molar refractivity (Wildman–Crippen MR) is 223 cm³/mol. The molecule has 0 aliphatic heterocycles. The maximum atomic E-state index is 5.52. The Morgan fingerprint density at radius 3 is 2.24 bits per heavy atom. The fourth-order valence-electron chi connectivity index (χ4n) is 7.57. The minimum absolute atomic E-state index is 0.637. The van der Waals surface area contributed by atoms with Gasteiger partial charge in [-0.3, -0.25) is 0 Å². The van der Waals surface area contributed by atoms with Gasteiger partial charge in [0.05, 0.1) is 21.3 Å². The Morgan fingerprint density at radius 1 is 0.545 bits per heavy atom. The molecular formula is C47H30N6OS. The number of hydrogen-bond donors (Lipinski definition) is 0. The smallest absolute Gasteiger partial charge is 0.181 e. The molecule has 0 saturated heterocycles. The number of hydrogen-bond acceptors (Lipinski definition) is 7. The van der Waals surface area contributed by atoms with Gasteiger partial charge in [0.25, 0.3) is 0 Å². The van der Waals surface area contributed by atoms with Crippen molar-refractivity contribution in [1.82, 2.24) is 29.5 Å². The lowest BCUT2D eigenvalue weighted by Gasteiger charge is -2.10. The van der Waals surface area contributed by atoms with E-state index in [1.165, 1.54) is 17.2 Å². The third-order valence-electron chi connectivity index (χ3n) is 10.3. The first-order valence-electron chi connectivity index (χ1n) is 18.3. The van der Waals surface area contributed by atoms with Crippen molar-refractivity contribution >= 4 is 60.0 Å². The van der Waals surface area contributed by atoms with Crippen LogP contribution in [0.2, 0.25) is 0 Å². The fraction of sp³-hybridized carbons (Fsp3) is 0.0426. The highest BCUT2D eigenvalue weighted by Gasteiger charge is 2.17. The van der Waals surface area contributed by atoms with Crippen molar-refractivity contribution in [3.8, 4) is 50.2 Å². The lowest BCUT2D eigenvalue weighted by molar-refractivity contribution is 0.602. The molecule has 55 heavy (non-hydrogen) atoms. The largest absolute Gasteiger partial charge is 0.443 e. The molecule has 6 aromatic carbocycles. The van der Waals surface area contributed by atoms with E-state index in [1.807, 2.05) is 36.4 Å². The van der Waals surface area contributed by atoms with Gasteiger partial charge in [0.1, 0.15) is 10.5 Å². The van der Waals surface area contributed by atoms with Crippen LogP contribution in [0.5, 0.6) is 0 Å². The van der Waals surface area contributed by atoms with Gasteiger partial charge in [0.2, 0.25) is 0 Å². The Labute approximate surface area is 319 Å². The summed E-state index contributed by atoms with van der Waals surface area (Å²) in [4.78, 5) is 24.4. The Balaban J connectivity index is 0.962. The zero-order chi connectivity index (χ0) is 36.3. The highest BCUT2D eigenvalue weighted by molar-refractivity contribution is 7.21. The number of rotatable bonds is 6. The third kappa shape index (κ3) is 5.54. The van der Waals surface area contributed by atoms with E-state index in [0.717, 1.165) is 89.3 Å². The summed E-state index contributed by atoms with van der Waals surface area (Å²) < 4.78 is 8.93. The van der Waals surface area contributed by atoms with Gasteiger partial charge in [-0.05, 0) is 84.6 Å². The lowest BCUT2D eigenvalue weighted by atomic mass is 10.0. The number of aromatic nitrogens is 6. The number of oxazole rings is 1. The van der Waals surface area contributed by atoms with Crippen LogP contribution in [0.25, 0.3) is 98.9 Å². The molecule has 0 saturated carbocycles. The zero-order valence-electron chi connectivity index (χ0n) is 29.4. The Morgan fingerprint density at radius 2 is 1.33 bits per heavy atom. The van der Waals surface area contributed by atoms with E-state index in [-0.39, 0.29) is 0 Å². The van der Waals surface area contributed by atoms with Crippen LogP contribution >= 0.6 is 11.3 Å². The molecule has 1 aliphatic rings. The number of thiazole rings is 1. The molecule has 0 fully saturated rings. The molecule has 260 valence electrons. The molecule has 1 aliphatic carbocycles. The summed E-state index contributed by atoms with van der Waals surface area (Å²) in [6.45, 7) is 0. The molecule has 0 N–H and O–H groups in total. The molecule has 7 nitrogen and oxygen atoms in total. The number of allylic oxidation sites excluding steroid dienone is 4. The van der Waals surface area contributed by atoms with Crippen LogP contribution in [-0.2, 0) is 0 Å². The van der Waals surface area contributed by atoms with Crippen LogP contribution in [0.1, 0.15) is 18.7 Å². The molecule has 0 spiro atoms. The summed E-state index contributed by atoms with van der Waals surface area (Å²) in [7, 11) is 0. The Hall–Kier alpha value is -7.03. The minimum Gasteiger partial charge on any atom is -0.443 e. The molecule has 0 bridgehead atoms. The maximum Gasteiger partial charge on any atom is 0.181 e. The average Bonchev–Trinajstić information content (AvgIpc) is 3.99. The van der Waals surface area contributed by atoms with E-state index < -0.39 is 0 Å². The van der Waals surface area contributed by atoms with E-state index in [9.17, 15) is 0 Å². The van der Waals surface area contributed by atoms with E-state index >= 15 is 0 Å². The molecule has 0 amide bonds. The summed E-state index contributed by atoms with van der Waals surface area (Å²) in [6.07, 6.45) is 9.99. The standard InChI is InChI=1S/C47H30N6OS/c1-3-10-29(11-4-1)44-50-45(30-12-5-2-6-13-30)52-46(51-44)33-19-23-43-39(26-33)49-47(55-43)34-15-9-14-31(24-34)32-18-21-41-37(25-32)36-16-7-8-17-40(36)53(41)35-20-22-42-38(27-35)48-28-54-42/h1,3-5,7-28H,2,6H2. The first-order chi connectivity index (χ1) is 27.2. The second kappa shape index (κ2) is 12.8. The lowest BCUT2D eigenvalue weighted by Crippen LogP contribution is -2.03. The fourth-order valence-corrected chi connectivity index (χ4v) is 8.51. The molecule has 8 heteroatoms. The van der Waals surface area contributed by atoms with Crippen molar-refractivity contribution < 1.29 is 4.42 Å². The molecule has 0 atom stereocenters. The monoisotopic (exact) mass is 726 g/mol. The summed E-state index contributed by atoms with van der Waals surface area (Å²) in [5.74, 6) is 1.98. The van der Waals surface area contributed by atoms with Crippen LogP contribution in [0.15, 0.2) is 162 Å². The SMILES string of the molecule is C1=CC(c2nc(-c3ccccc3)nc(-c3ccc4sc(-c5cccc(-c6ccc7c(c6)c6ccccc6n7-c6ccc7ocnc7c6)c5)nc4c3)n2)=CCC1. The zero-order valence-corrected chi connectivity index (χ0v) is 30.2. The number of nitrogens with zero attached hydrogens (tertiary/aromatic N) is 6. The van der Waals surface area contributed by atoms with E-state index in [4.69, 9.17) is 24.4 Å². The van der Waals surface area contributed by atoms with E-state index in [1.54, 1.807) is 11.3 Å². The normalized spacial score (nSPS) is 13.0. The summed E-state index contributed by atoms with van der Waals surface area (Å²) in [5.41, 5.74) is 12.1. The van der Waals surface area contributed by atoms with Crippen LogP contribution in [0.3, 0.4) is 0 Å². The molecule has 11 rings (SSSR count). The van der Waals surface area contributed by atoms with E-state index in [0.29, 0.717) is 17.5 Å². The number of benzene rings is 6. The maximum absolute atomic E-state index is 5.52. The van der Waals surface area contributed by atoms with E-state index in [2.05, 4.69) is 125 Å². The number of fused-ring (bicyclic) bond motifs is 5. The van der Waals surface area contributed by atoms with Crippen molar-refractivity contribution in [2.45, 2.75) is 12.8 Å². The molecule has 0 unspecified atom stereocenters. The van der Waals surface area contributed by atoms with Gasteiger partial charge in [0.15, 0.2) is 29.4 Å². The van der Waals surface area contributed by atoms with Crippen molar-refractivity contribution in [3.05, 3.63) is 164 Å². The van der Waals surface area contributed by atoms with Gasteiger partial charge < -0.3 is 8.98 Å². The minimum atomic E-state index is 0.637. The highest BCUT2D eigenvalue weighted by Crippen LogP contribution is 2.38. The van der Waals surface area contributed by atoms with Crippen molar-refractivity contribution in [1.29, 1.82) is 0 Å². The molecular weight excluding hydrogens is 697 g/mol. The van der Waals surface area contributed by atoms with Crippen LogP contribution < -0.4 is 0 Å². The topological polar surface area (TPSA) is 82.5 Å². The van der Waals surface area contributed by atoms with Gasteiger partial charge >= 0.3 is 0 Å². The van der Waals surface area contributed by atoms with Gasteiger partial charge in [0, 0.05) is 38.7 Å². The summed E-state index contributed by atoms with van der Waals surface area (Å²) in [6, 6.07) is 46.6. The second-order valence-corrected chi connectivity index (χ2v) is 14.7. The average molecular weight is 727 g/mol. The first kappa shape index (κ1) is 31.5. The third-order valence-corrected chi connectivity index (χ3v) is 11.3. The highest BCUT2D eigenvalue weighted by atomic mass is 32.1. The first-order valence-corrected chi connectivity index (χ1v) is 19.1. The Bertz CT molecular complexity index is 3170. The Kier molecular flexibility index (Phi) is 7.34. The van der Waals surface area contributed by atoms with Crippen molar-refractivity contribution in [3.63, 3.8) is 0 Å². The van der Waals surface area contributed by atoms with Crippen LogP contribution in [0, 0.1) is 0 Å². The quantitative estimate of drug-likeness (QED) is 0.170. The summed E-state index contributed by atoms with van der Waals surface area (Å²) in [5, 5.41) is 3.36. The van der Waals surface area contributed by atoms with Crippen molar-refractivity contribution in [2.75, 3.05) is 0 Å². The second-order valence-electron chi connectivity index (χ2n) is 13.7. The summed E-state index contributed by atoms with van der Waals surface area (Å²) >= 11 is 1.69. The molecule has 10 aromatic rings. The van der Waals surface area contributed by atoms with Crippen molar-refractivity contribution in [2.24, 2.45) is 0 Å². The number of para-hydroxylation sites is 1. The molecule has 0 radical (unpaired) electrons.